The van der Waals surface area contributed by atoms with E-state index in [9.17, 15) is 9.59 Å². The summed E-state index contributed by atoms with van der Waals surface area (Å²) in [6.07, 6.45) is 3.18. The average Bonchev–Trinajstić information content (AvgIpc) is 2.53. The van der Waals surface area contributed by atoms with Crippen molar-refractivity contribution in [3.8, 4) is 0 Å². The first-order valence-electron chi connectivity index (χ1n) is 7.21. The van der Waals surface area contributed by atoms with E-state index in [4.69, 9.17) is 0 Å². The molecule has 1 aromatic rings. The summed E-state index contributed by atoms with van der Waals surface area (Å²) in [7, 11) is 1.60. The number of rotatable bonds is 3. The molecule has 1 aliphatic heterocycles. The van der Waals surface area contributed by atoms with Gasteiger partial charge in [0.1, 0.15) is 6.04 Å². The number of amides is 2. The molecule has 2 amide bonds. The van der Waals surface area contributed by atoms with Gasteiger partial charge in [0.25, 0.3) is 5.91 Å². The van der Waals surface area contributed by atoms with Crippen LogP contribution in [0.15, 0.2) is 24.5 Å². The normalized spacial score (nSPS) is 19.6. The number of hydrogen-bond acceptors (Lipinski definition) is 4. The van der Waals surface area contributed by atoms with E-state index in [1.54, 1.807) is 36.5 Å². The van der Waals surface area contributed by atoms with E-state index in [0.717, 1.165) is 6.54 Å². The minimum Gasteiger partial charge on any atom is -0.357 e. The summed E-state index contributed by atoms with van der Waals surface area (Å²) in [4.78, 5) is 32.5. The lowest BCUT2D eigenvalue weighted by atomic mass is 10.1. The molecule has 0 bridgehead atoms. The Kier molecular flexibility index (Phi) is 4.90. The maximum Gasteiger partial charge on any atom is 0.254 e. The van der Waals surface area contributed by atoms with Crippen LogP contribution in [0.25, 0.3) is 0 Å². The Bertz CT molecular complexity index is 504. The van der Waals surface area contributed by atoms with E-state index >= 15 is 0 Å². The third kappa shape index (κ3) is 3.39. The van der Waals surface area contributed by atoms with Crippen molar-refractivity contribution in [1.82, 2.24) is 20.1 Å². The molecule has 0 radical (unpaired) electrons. The second-order valence-corrected chi connectivity index (χ2v) is 5.45. The number of likely N-dealkylation sites (N-methyl/N-ethyl adjacent to an activating group) is 1. The SMILES string of the molecule is CNC(=O)[C@H]1CN(C(C)C)CCN1C(=O)c1ccncc1. The number of carbonyl (C=O) groups excluding carboxylic acids is 2. The number of carbonyl (C=O) groups is 2. The predicted molar refractivity (Wildman–Crippen MR) is 79.8 cm³/mol. The summed E-state index contributed by atoms with van der Waals surface area (Å²) in [5.74, 6) is -0.239. The molecule has 21 heavy (non-hydrogen) atoms. The minimum atomic E-state index is -0.452. The molecule has 114 valence electrons. The van der Waals surface area contributed by atoms with Gasteiger partial charge in [-0.1, -0.05) is 0 Å². The fourth-order valence-corrected chi connectivity index (χ4v) is 2.57. The zero-order valence-electron chi connectivity index (χ0n) is 12.7. The molecule has 0 unspecified atom stereocenters. The van der Waals surface area contributed by atoms with Gasteiger partial charge in [-0.25, -0.2) is 0 Å². The average molecular weight is 290 g/mol. The number of aromatic nitrogens is 1. The molecule has 1 saturated heterocycles. The van der Waals surface area contributed by atoms with Gasteiger partial charge >= 0.3 is 0 Å². The summed E-state index contributed by atoms with van der Waals surface area (Å²) < 4.78 is 0. The molecule has 1 N–H and O–H groups in total. The van der Waals surface area contributed by atoms with Crippen molar-refractivity contribution in [2.75, 3.05) is 26.7 Å². The van der Waals surface area contributed by atoms with Crippen molar-refractivity contribution < 1.29 is 9.59 Å². The summed E-state index contributed by atoms with van der Waals surface area (Å²) in [5, 5.41) is 2.66. The van der Waals surface area contributed by atoms with Crippen LogP contribution >= 0.6 is 0 Å². The Balaban J connectivity index is 2.21. The topological polar surface area (TPSA) is 65.5 Å². The van der Waals surface area contributed by atoms with Crippen molar-refractivity contribution in [1.29, 1.82) is 0 Å². The molecule has 0 saturated carbocycles. The highest BCUT2D eigenvalue weighted by molar-refractivity contribution is 5.97. The first kappa shape index (κ1) is 15.4. The second kappa shape index (κ2) is 6.67. The van der Waals surface area contributed by atoms with E-state index in [0.29, 0.717) is 24.7 Å². The van der Waals surface area contributed by atoms with E-state index < -0.39 is 6.04 Å². The van der Waals surface area contributed by atoms with Crippen molar-refractivity contribution in [3.63, 3.8) is 0 Å². The Morgan fingerprint density at radius 3 is 2.52 bits per heavy atom. The van der Waals surface area contributed by atoms with Gasteiger partial charge in [-0.2, -0.15) is 0 Å². The number of nitrogens with zero attached hydrogens (tertiary/aromatic N) is 3. The minimum absolute atomic E-state index is 0.116. The van der Waals surface area contributed by atoms with Crippen molar-refractivity contribution >= 4 is 11.8 Å². The lowest BCUT2D eigenvalue weighted by Gasteiger charge is -2.42. The zero-order valence-corrected chi connectivity index (χ0v) is 12.7. The molecule has 2 rings (SSSR count). The summed E-state index contributed by atoms with van der Waals surface area (Å²) in [5.41, 5.74) is 0.567. The lowest BCUT2D eigenvalue weighted by molar-refractivity contribution is -0.127. The third-order valence-electron chi connectivity index (χ3n) is 3.88. The molecule has 0 aliphatic carbocycles. The number of hydrogen-bond donors (Lipinski definition) is 1. The molecule has 2 heterocycles. The molecule has 6 nitrogen and oxygen atoms in total. The molecule has 1 fully saturated rings. The molecule has 1 aliphatic rings. The number of pyridine rings is 1. The number of nitrogens with one attached hydrogen (secondary N) is 1. The van der Waals surface area contributed by atoms with Gasteiger partial charge in [-0.3, -0.25) is 19.5 Å². The summed E-state index contributed by atoms with van der Waals surface area (Å²) >= 11 is 0. The van der Waals surface area contributed by atoms with Gasteiger partial charge < -0.3 is 10.2 Å². The highest BCUT2D eigenvalue weighted by Crippen LogP contribution is 2.16. The fraction of sp³-hybridized carbons (Fsp3) is 0.533. The van der Waals surface area contributed by atoms with Crippen LogP contribution in [0.3, 0.4) is 0 Å². The highest BCUT2D eigenvalue weighted by Gasteiger charge is 2.35. The molecular weight excluding hydrogens is 268 g/mol. The third-order valence-corrected chi connectivity index (χ3v) is 3.88. The summed E-state index contributed by atoms with van der Waals surface area (Å²) in [6.45, 7) is 6.09. The Hall–Kier alpha value is -1.95. The van der Waals surface area contributed by atoms with Gasteiger partial charge in [0.15, 0.2) is 0 Å². The predicted octanol–water partition coefficient (Wildman–Crippen LogP) is 0.362. The maximum absolute atomic E-state index is 12.6. The first-order chi connectivity index (χ1) is 10.0. The van der Waals surface area contributed by atoms with Gasteiger partial charge in [0.05, 0.1) is 0 Å². The maximum atomic E-state index is 12.6. The van der Waals surface area contributed by atoms with Gasteiger partial charge in [0.2, 0.25) is 5.91 Å². The van der Waals surface area contributed by atoms with Crippen LogP contribution in [-0.2, 0) is 4.79 Å². The van der Waals surface area contributed by atoms with Crippen LogP contribution in [0, 0.1) is 0 Å². The smallest absolute Gasteiger partial charge is 0.254 e. The van der Waals surface area contributed by atoms with Crippen LogP contribution in [0.4, 0.5) is 0 Å². The highest BCUT2D eigenvalue weighted by atomic mass is 16.2. The van der Waals surface area contributed by atoms with E-state index in [1.165, 1.54) is 0 Å². The van der Waals surface area contributed by atoms with E-state index in [2.05, 4.69) is 29.0 Å². The van der Waals surface area contributed by atoms with Crippen LogP contribution in [0.2, 0.25) is 0 Å². The Morgan fingerprint density at radius 1 is 1.29 bits per heavy atom. The standard InChI is InChI=1S/C15H22N4O2/c1-11(2)18-8-9-19(13(10-18)14(20)16-3)15(21)12-4-6-17-7-5-12/h4-7,11,13H,8-10H2,1-3H3,(H,16,20)/t13-/m1/s1. The van der Waals surface area contributed by atoms with Gasteiger partial charge in [-0.05, 0) is 26.0 Å². The molecule has 1 atom stereocenters. The molecule has 0 spiro atoms. The van der Waals surface area contributed by atoms with E-state index in [1.807, 2.05) is 0 Å². The van der Waals surface area contributed by atoms with Crippen LogP contribution in [0.5, 0.6) is 0 Å². The van der Waals surface area contributed by atoms with Crippen LogP contribution in [-0.4, -0.2) is 65.4 Å². The summed E-state index contributed by atoms with van der Waals surface area (Å²) in [6, 6.07) is 3.26. The van der Waals surface area contributed by atoms with E-state index in [-0.39, 0.29) is 11.8 Å². The molecule has 0 aromatic carbocycles. The quantitative estimate of drug-likeness (QED) is 0.873. The molecule has 1 aromatic heterocycles. The van der Waals surface area contributed by atoms with Crippen molar-refractivity contribution in [2.45, 2.75) is 25.9 Å². The van der Waals surface area contributed by atoms with Crippen LogP contribution < -0.4 is 5.32 Å². The van der Waals surface area contributed by atoms with Crippen molar-refractivity contribution in [3.05, 3.63) is 30.1 Å². The lowest BCUT2D eigenvalue weighted by Crippen LogP contribution is -2.61. The second-order valence-electron chi connectivity index (χ2n) is 5.45. The Morgan fingerprint density at radius 2 is 1.95 bits per heavy atom. The molecular formula is C15H22N4O2. The largest absolute Gasteiger partial charge is 0.357 e. The van der Waals surface area contributed by atoms with Crippen LogP contribution in [0.1, 0.15) is 24.2 Å². The van der Waals surface area contributed by atoms with Crippen molar-refractivity contribution in [2.24, 2.45) is 0 Å². The fourth-order valence-electron chi connectivity index (χ4n) is 2.57. The zero-order chi connectivity index (χ0) is 15.4. The number of piperazine rings is 1. The first-order valence-corrected chi connectivity index (χ1v) is 7.21. The van der Waals surface area contributed by atoms with Gasteiger partial charge in [0, 0.05) is 50.7 Å². The molecule has 6 heteroatoms. The Labute approximate surface area is 125 Å². The van der Waals surface area contributed by atoms with Gasteiger partial charge in [-0.15, -0.1) is 0 Å². The monoisotopic (exact) mass is 290 g/mol.